The monoisotopic (exact) mass is 1260 g/mol. The first-order valence-electron chi connectivity index (χ1n) is 39.2. The van der Waals surface area contributed by atoms with E-state index in [1.807, 2.05) is 187 Å². The van der Waals surface area contributed by atoms with Gasteiger partial charge >= 0.3 is 0 Å². The summed E-state index contributed by atoms with van der Waals surface area (Å²) >= 11 is 0. The van der Waals surface area contributed by atoms with E-state index in [-0.39, 0.29) is 52.2 Å². The van der Waals surface area contributed by atoms with Crippen molar-refractivity contribution in [1.82, 2.24) is 0 Å². The Labute approximate surface area is 588 Å². The topological polar surface area (TPSA) is 6.48 Å². The minimum absolute atomic E-state index is 0.0412. The van der Waals surface area contributed by atoms with Crippen molar-refractivity contribution < 1.29 is 17.8 Å². The summed E-state index contributed by atoms with van der Waals surface area (Å²) in [5, 5.41) is 18.9. The molecule has 0 saturated carbocycles. The van der Waals surface area contributed by atoms with Crippen LogP contribution >= 0.6 is 0 Å². The van der Waals surface area contributed by atoms with Crippen LogP contribution in [0.15, 0.2) is 388 Å². The second kappa shape index (κ2) is 24.8. The number of rotatable bonds is 10. The number of hydrogen-bond acceptors (Lipinski definition) is 2. The lowest BCUT2D eigenvalue weighted by Gasteiger charge is -2.28. The number of nitrogens with zero attached hydrogens (tertiary/aromatic N) is 2. The van der Waals surface area contributed by atoms with Gasteiger partial charge in [0.05, 0.1) is 29.2 Å². The molecule has 0 aliphatic rings. The van der Waals surface area contributed by atoms with Gasteiger partial charge in [0, 0.05) is 33.5 Å². The van der Waals surface area contributed by atoms with Crippen LogP contribution in [0.4, 0.5) is 34.1 Å². The molecule has 0 heterocycles. The minimum Gasteiger partial charge on any atom is -0.310 e. The van der Waals surface area contributed by atoms with Gasteiger partial charge in [-0.1, -0.05) is 315 Å². The summed E-state index contributed by atoms with van der Waals surface area (Å²) in [6, 6.07) is 98.8. The third-order valence-corrected chi connectivity index (χ3v) is 18.9. The molecule has 19 rings (SSSR count). The Balaban J connectivity index is 0.000000155. The van der Waals surface area contributed by atoms with Crippen molar-refractivity contribution >= 4 is 131 Å². The fraction of sp³-hybridized carbons (Fsp3) is 0. The van der Waals surface area contributed by atoms with Crippen molar-refractivity contribution in [3.63, 3.8) is 0 Å². The van der Waals surface area contributed by atoms with E-state index in [1.54, 1.807) is 4.90 Å². The van der Waals surface area contributed by atoms with Crippen molar-refractivity contribution in [1.29, 1.82) is 0 Å². The molecular weight excluding hydrogens is 1180 g/mol. The lowest BCUT2D eigenvalue weighted by atomic mass is 9.93. The number of hydrogen-bond donors (Lipinski definition) is 0. The molecule has 0 N–H and O–H groups in total. The van der Waals surface area contributed by atoms with Gasteiger partial charge in [0.1, 0.15) is 0 Å². The SMILES string of the molecule is [2H]c1c([2H])c(N(c2ccc(-c3cc4ccccc4c4ccccc34)cc2)c2cc3ccccc3c3ccccc23)c([2H])c([2H])c1-c1cccc2ccccc12.[2H]c1c([2H])c([2H])c(-c2c([2H])c([2H])c(N(c3ccc(-c4cc5ccccc5c5ccccc45)cc3)c3cc4ccccc4c4ccccc34)c([2H])c2[2H])c([2H])c1[2H]. The smallest absolute Gasteiger partial charge is 0.0645 e. The Morgan fingerprint density at radius 3 is 0.898 bits per heavy atom. The van der Waals surface area contributed by atoms with Crippen LogP contribution < -0.4 is 9.80 Å². The lowest BCUT2D eigenvalue weighted by Crippen LogP contribution is -2.10. The molecule has 0 saturated heterocycles. The first-order valence-corrected chi connectivity index (χ1v) is 32.7. The van der Waals surface area contributed by atoms with Crippen LogP contribution in [0.5, 0.6) is 0 Å². The van der Waals surface area contributed by atoms with E-state index in [0.717, 1.165) is 114 Å². The molecule has 0 aliphatic heterocycles. The standard InChI is InChI=1S/C50H33N.C46H31N/c1-4-16-41-34(12-1)15-11-23-42(41)35-24-28-39(29-25-35)51(50-33-38-14-3-6-18-44(38)46-20-9-10-22-48(46)50)40-30-26-36(27-31-40)49-32-37-13-2-5-17-43(37)45-19-7-8-21-47(45)49;1-2-12-32(13-3-1)33-22-26-37(27-23-33)47(46-31-36-15-5-7-17-40(36)42-19-10-11-21-44(42)46)38-28-24-34(25-29-38)45-30-35-14-4-6-16-39(35)41-18-8-9-20-43(41)45/h1-33H;1-31H/i24D,25D,28D,29D;1D,2D,3D,12D,13D,22D,23D,26D,27D. The summed E-state index contributed by atoms with van der Waals surface area (Å²) in [4.78, 5) is 3.66. The summed E-state index contributed by atoms with van der Waals surface area (Å²) in [7, 11) is 0. The zero-order valence-corrected chi connectivity index (χ0v) is 52.8. The van der Waals surface area contributed by atoms with E-state index in [4.69, 9.17) is 6.85 Å². The normalized spacial score (nSPS) is 13.3. The van der Waals surface area contributed by atoms with Gasteiger partial charge in [0.15, 0.2) is 0 Å². The fourth-order valence-corrected chi connectivity index (χ4v) is 14.3. The maximum atomic E-state index is 9.64. The van der Waals surface area contributed by atoms with E-state index in [0.29, 0.717) is 16.9 Å². The average molecular weight is 1260 g/mol. The predicted molar refractivity (Wildman–Crippen MR) is 422 cm³/mol. The molecule has 0 bridgehead atoms. The molecule has 2 heteroatoms. The first kappa shape index (κ1) is 45.4. The highest BCUT2D eigenvalue weighted by molar-refractivity contribution is 6.18. The number of benzene rings is 19. The Hall–Kier alpha value is -12.9. The van der Waals surface area contributed by atoms with E-state index in [2.05, 4.69) is 127 Å². The molecule has 0 atom stereocenters. The quantitative estimate of drug-likeness (QED) is 0.126. The molecular formula is C96H64N2. The van der Waals surface area contributed by atoms with Crippen LogP contribution in [0, 0.1) is 0 Å². The van der Waals surface area contributed by atoms with E-state index < -0.39 is 54.4 Å². The fourth-order valence-electron chi connectivity index (χ4n) is 14.3. The summed E-state index contributed by atoms with van der Waals surface area (Å²) in [6.45, 7) is 0. The first-order chi connectivity index (χ1) is 54.0. The minimum atomic E-state index is -0.620. The largest absolute Gasteiger partial charge is 0.310 e. The maximum Gasteiger partial charge on any atom is 0.0645 e. The van der Waals surface area contributed by atoms with Crippen molar-refractivity contribution in [3.05, 3.63) is 388 Å². The van der Waals surface area contributed by atoms with Crippen LogP contribution in [-0.4, -0.2) is 0 Å². The van der Waals surface area contributed by atoms with Gasteiger partial charge in [-0.05, 0) is 203 Å². The molecule has 19 aromatic carbocycles. The van der Waals surface area contributed by atoms with E-state index in [9.17, 15) is 11.0 Å². The predicted octanol–water partition coefficient (Wildman–Crippen LogP) is 27.4. The molecule has 0 amide bonds. The maximum absolute atomic E-state index is 9.64. The molecule has 98 heavy (non-hydrogen) atoms. The highest BCUT2D eigenvalue weighted by atomic mass is 15.1. The summed E-state index contributed by atoms with van der Waals surface area (Å²) < 4.78 is 117. The van der Waals surface area contributed by atoms with Crippen LogP contribution in [0.2, 0.25) is 0 Å². The summed E-state index contributed by atoms with van der Waals surface area (Å²) in [5.41, 5.74) is 7.25. The van der Waals surface area contributed by atoms with Gasteiger partial charge in [-0.25, -0.2) is 0 Å². The van der Waals surface area contributed by atoms with Crippen LogP contribution in [-0.2, 0) is 0 Å². The lowest BCUT2D eigenvalue weighted by molar-refractivity contribution is 1.30. The van der Waals surface area contributed by atoms with E-state index >= 15 is 0 Å². The van der Waals surface area contributed by atoms with Crippen molar-refractivity contribution in [2.24, 2.45) is 0 Å². The molecule has 2 nitrogen and oxygen atoms in total. The molecule has 0 fully saturated rings. The van der Waals surface area contributed by atoms with Crippen molar-refractivity contribution in [2.75, 3.05) is 9.80 Å². The van der Waals surface area contributed by atoms with E-state index in [1.165, 1.54) is 16.2 Å². The number of anilines is 6. The zero-order valence-electron chi connectivity index (χ0n) is 65.8. The van der Waals surface area contributed by atoms with Gasteiger partial charge in [0.2, 0.25) is 0 Å². The Bertz CT molecular complexity index is 6990. The van der Waals surface area contributed by atoms with Crippen LogP contribution in [0.25, 0.3) is 141 Å². The molecule has 19 aromatic rings. The van der Waals surface area contributed by atoms with Crippen LogP contribution in [0.1, 0.15) is 17.8 Å². The third-order valence-electron chi connectivity index (χ3n) is 18.9. The summed E-state index contributed by atoms with van der Waals surface area (Å²) in [5.74, 6) is 0. The molecule has 0 radical (unpaired) electrons. The third kappa shape index (κ3) is 10.4. The summed E-state index contributed by atoms with van der Waals surface area (Å²) in [6.07, 6.45) is 0. The van der Waals surface area contributed by atoms with Gasteiger partial charge in [-0.15, -0.1) is 0 Å². The molecule has 0 aliphatic carbocycles. The second-order valence-electron chi connectivity index (χ2n) is 24.4. The Kier molecular flexibility index (Phi) is 11.5. The second-order valence-corrected chi connectivity index (χ2v) is 24.4. The molecule has 458 valence electrons. The average Bonchev–Trinajstić information content (AvgIpc) is 0.734. The zero-order chi connectivity index (χ0) is 76.2. The van der Waals surface area contributed by atoms with Crippen LogP contribution in [0.3, 0.4) is 0 Å². The van der Waals surface area contributed by atoms with Crippen molar-refractivity contribution in [2.45, 2.75) is 0 Å². The molecule has 0 unspecified atom stereocenters. The number of fused-ring (bicyclic) bond motifs is 13. The molecule has 0 spiro atoms. The highest BCUT2D eigenvalue weighted by Gasteiger charge is 2.21. The van der Waals surface area contributed by atoms with Gasteiger partial charge < -0.3 is 9.80 Å². The Morgan fingerprint density at radius 1 is 0.173 bits per heavy atom. The van der Waals surface area contributed by atoms with Crippen molar-refractivity contribution in [3.8, 4) is 44.5 Å². The van der Waals surface area contributed by atoms with Gasteiger partial charge in [0.25, 0.3) is 0 Å². The van der Waals surface area contributed by atoms with Gasteiger partial charge in [-0.2, -0.15) is 0 Å². The highest BCUT2D eigenvalue weighted by Crippen LogP contribution is 2.47. The molecule has 0 aromatic heterocycles. The Morgan fingerprint density at radius 2 is 0.480 bits per heavy atom. The van der Waals surface area contributed by atoms with Gasteiger partial charge in [-0.3, -0.25) is 0 Å².